The summed E-state index contributed by atoms with van der Waals surface area (Å²) in [5.74, 6) is 0.971. The van der Waals surface area contributed by atoms with Crippen LogP contribution >= 0.6 is 0 Å². The van der Waals surface area contributed by atoms with Crippen LogP contribution in [0.3, 0.4) is 0 Å². The summed E-state index contributed by atoms with van der Waals surface area (Å²) in [5, 5.41) is 0. The van der Waals surface area contributed by atoms with Crippen LogP contribution in [-0.2, 0) is 4.74 Å². The summed E-state index contributed by atoms with van der Waals surface area (Å²) in [6, 6.07) is 1.39. The average Bonchev–Trinajstić information content (AvgIpc) is 2.13. The average molecular weight is 238 g/mol. The maximum Gasteiger partial charge on any atom is 0.254 e. The number of hydrogen-bond acceptors (Lipinski definition) is 4. The third-order valence-corrected chi connectivity index (χ3v) is 2.78. The summed E-state index contributed by atoms with van der Waals surface area (Å²) in [6.45, 7) is 5.80. The number of ether oxygens (including phenoxy) is 2. The van der Waals surface area contributed by atoms with Crippen molar-refractivity contribution in [3.05, 3.63) is 22.2 Å². The lowest BCUT2D eigenvalue weighted by Gasteiger charge is -2.31. The topological polar surface area (TPSA) is 64.2 Å². The van der Waals surface area contributed by atoms with E-state index in [4.69, 9.17) is 9.47 Å². The largest absolute Gasteiger partial charge is 0.474 e. The molecule has 1 N–H and O–H groups in total. The van der Waals surface area contributed by atoms with E-state index >= 15 is 0 Å². The van der Waals surface area contributed by atoms with Gasteiger partial charge in [-0.1, -0.05) is 0 Å². The van der Waals surface area contributed by atoms with Gasteiger partial charge in [-0.3, -0.25) is 4.79 Å². The molecule has 2 heterocycles. The molecule has 0 radical (unpaired) electrons. The van der Waals surface area contributed by atoms with Crippen LogP contribution in [0, 0.1) is 6.92 Å². The predicted molar refractivity (Wildman–Crippen MR) is 63.3 cm³/mol. The van der Waals surface area contributed by atoms with Crippen molar-refractivity contribution in [2.75, 3.05) is 0 Å². The van der Waals surface area contributed by atoms with Gasteiger partial charge < -0.3 is 14.5 Å². The zero-order chi connectivity index (χ0) is 12.4. The zero-order valence-corrected chi connectivity index (χ0v) is 10.4. The predicted octanol–water partition coefficient (Wildman–Crippen LogP) is 1.41. The molecule has 1 aromatic rings. The molecule has 0 saturated carbocycles. The second kappa shape index (κ2) is 4.87. The standard InChI is InChI=1S/C12H18N2O3/c1-7-4-10(5-8(2)16-7)17-12-6-11(15)13-9(3)14-12/h6-8,10H,4-5H2,1-3H3,(H,13,14,15). The van der Waals surface area contributed by atoms with E-state index in [1.165, 1.54) is 6.07 Å². The molecule has 0 bridgehead atoms. The molecule has 1 saturated heterocycles. The van der Waals surface area contributed by atoms with Crippen molar-refractivity contribution in [3.63, 3.8) is 0 Å². The van der Waals surface area contributed by atoms with Crippen LogP contribution in [0.2, 0.25) is 0 Å². The highest BCUT2D eigenvalue weighted by Gasteiger charge is 2.26. The molecule has 0 spiro atoms. The number of nitrogens with one attached hydrogen (secondary N) is 1. The first-order chi connectivity index (χ1) is 8.02. The third kappa shape index (κ3) is 3.30. The van der Waals surface area contributed by atoms with Gasteiger partial charge in [0.25, 0.3) is 5.56 Å². The SMILES string of the molecule is Cc1nc(OC2CC(C)OC(C)C2)cc(=O)[nH]1. The molecular weight excluding hydrogens is 220 g/mol. The number of nitrogens with zero attached hydrogens (tertiary/aromatic N) is 1. The maximum absolute atomic E-state index is 11.3. The normalized spacial score (nSPS) is 29.0. The highest BCUT2D eigenvalue weighted by Crippen LogP contribution is 2.22. The van der Waals surface area contributed by atoms with Gasteiger partial charge in [-0.15, -0.1) is 0 Å². The van der Waals surface area contributed by atoms with Crippen LogP contribution in [0.5, 0.6) is 5.88 Å². The van der Waals surface area contributed by atoms with E-state index in [0.717, 1.165) is 12.8 Å². The van der Waals surface area contributed by atoms with E-state index in [2.05, 4.69) is 9.97 Å². The Morgan fingerprint density at radius 1 is 1.41 bits per heavy atom. The van der Waals surface area contributed by atoms with Gasteiger partial charge >= 0.3 is 0 Å². The van der Waals surface area contributed by atoms with Crippen LogP contribution < -0.4 is 10.3 Å². The van der Waals surface area contributed by atoms with Gasteiger partial charge in [0.05, 0.1) is 18.3 Å². The molecule has 5 nitrogen and oxygen atoms in total. The molecule has 0 amide bonds. The maximum atomic E-state index is 11.3. The number of hydrogen-bond donors (Lipinski definition) is 1. The van der Waals surface area contributed by atoms with Gasteiger partial charge in [-0.2, -0.15) is 0 Å². The molecule has 0 aliphatic carbocycles. The lowest BCUT2D eigenvalue weighted by Crippen LogP contribution is -2.36. The summed E-state index contributed by atoms with van der Waals surface area (Å²) in [7, 11) is 0. The quantitative estimate of drug-likeness (QED) is 0.846. The fourth-order valence-electron chi connectivity index (χ4n) is 2.22. The molecule has 1 aliphatic heterocycles. The number of rotatable bonds is 2. The highest BCUT2D eigenvalue weighted by molar-refractivity contribution is 5.08. The van der Waals surface area contributed by atoms with Gasteiger partial charge in [0.15, 0.2) is 0 Å². The number of H-pyrrole nitrogens is 1. The summed E-state index contributed by atoms with van der Waals surface area (Å²) in [6.07, 6.45) is 2.11. The summed E-state index contributed by atoms with van der Waals surface area (Å²) in [4.78, 5) is 18.0. The van der Waals surface area contributed by atoms with Crippen molar-refractivity contribution in [2.24, 2.45) is 0 Å². The van der Waals surface area contributed by atoms with E-state index in [0.29, 0.717) is 11.7 Å². The van der Waals surface area contributed by atoms with Crippen LogP contribution in [-0.4, -0.2) is 28.3 Å². The lowest BCUT2D eigenvalue weighted by atomic mass is 10.0. The molecule has 1 aromatic heterocycles. The Morgan fingerprint density at radius 3 is 2.65 bits per heavy atom. The monoisotopic (exact) mass is 238 g/mol. The van der Waals surface area contributed by atoms with Crippen LogP contribution in [0.15, 0.2) is 10.9 Å². The van der Waals surface area contributed by atoms with Crippen LogP contribution in [0.1, 0.15) is 32.5 Å². The fraction of sp³-hybridized carbons (Fsp3) is 0.667. The Morgan fingerprint density at radius 2 is 2.06 bits per heavy atom. The Hall–Kier alpha value is -1.36. The van der Waals surface area contributed by atoms with Crippen molar-refractivity contribution in [2.45, 2.75) is 51.9 Å². The summed E-state index contributed by atoms with van der Waals surface area (Å²) < 4.78 is 11.4. The zero-order valence-electron chi connectivity index (χ0n) is 10.4. The Bertz CT molecular complexity index is 434. The molecule has 1 aliphatic rings. The van der Waals surface area contributed by atoms with E-state index in [9.17, 15) is 4.79 Å². The van der Waals surface area contributed by atoms with Gasteiger partial charge in [0.2, 0.25) is 5.88 Å². The van der Waals surface area contributed by atoms with Crippen molar-refractivity contribution >= 4 is 0 Å². The van der Waals surface area contributed by atoms with Gasteiger partial charge in [0, 0.05) is 12.8 Å². The first-order valence-corrected chi connectivity index (χ1v) is 5.93. The first kappa shape index (κ1) is 12.1. The van der Waals surface area contributed by atoms with E-state index < -0.39 is 0 Å². The van der Waals surface area contributed by atoms with Gasteiger partial charge in [-0.05, 0) is 20.8 Å². The molecule has 94 valence electrons. The van der Waals surface area contributed by atoms with Gasteiger partial charge in [-0.25, -0.2) is 4.98 Å². The van der Waals surface area contributed by atoms with E-state index in [-0.39, 0.29) is 23.9 Å². The second-order valence-electron chi connectivity index (χ2n) is 4.64. The number of aryl methyl sites for hydroxylation is 1. The smallest absolute Gasteiger partial charge is 0.254 e. The summed E-state index contributed by atoms with van der Waals surface area (Å²) >= 11 is 0. The van der Waals surface area contributed by atoms with Gasteiger partial charge in [0.1, 0.15) is 11.9 Å². The van der Waals surface area contributed by atoms with Crippen molar-refractivity contribution in [3.8, 4) is 5.88 Å². The summed E-state index contributed by atoms with van der Waals surface area (Å²) in [5.41, 5.74) is -0.180. The molecule has 2 atom stereocenters. The molecule has 1 fully saturated rings. The lowest BCUT2D eigenvalue weighted by molar-refractivity contribution is -0.0730. The number of aromatic nitrogens is 2. The molecule has 5 heteroatoms. The van der Waals surface area contributed by atoms with Crippen LogP contribution in [0.4, 0.5) is 0 Å². The highest BCUT2D eigenvalue weighted by atomic mass is 16.5. The second-order valence-corrected chi connectivity index (χ2v) is 4.64. The first-order valence-electron chi connectivity index (χ1n) is 5.93. The van der Waals surface area contributed by atoms with Crippen molar-refractivity contribution < 1.29 is 9.47 Å². The Balaban J connectivity index is 2.07. The Kier molecular flexibility index (Phi) is 3.47. The molecular formula is C12H18N2O3. The van der Waals surface area contributed by atoms with Crippen molar-refractivity contribution in [1.29, 1.82) is 0 Å². The minimum absolute atomic E-state index is 0.0717. The minimum atomic E-state index is -0.180. The fourth-order valence-corrected chi connectivity index (χ4v) is 2.22. The number of aromatic amines is 1. The van der Waals surface area contributed by atoms with E-state index in [1.807, 2.05) is 13.8 Å². The molecule has 2 rings (SSSR count). The van der Waals surface area contributed by atoms with Crippen LogP contribution in [0.25, 0.3) is 0 Å². The molecule has 0 aromatic carbocycles. The van der Waals surface area contributed by atoms with Crippen molar-refractivity contribution in [1.82, 2.24) is 9.97 Å². The molecule has 17 heavy (non-hydrogen) atoms. The Labute approximate surface area is 100 Å². The third-order valence-electron chi connectivity index (χ3n) is 2.78. The van der Waals surface area contributed by atoms with E-state index in [1.54, 1.807) is 6.92 Å². The molecule has 2 unspecified atom stereocenters. The minimum Gasteiger partial charge on any atom is -0.474 e.